The Morgan fingerprint density at radius 3 is 2.53 bits per heavy atom. The monoisotopic (exact) mass is 204 g/mol. The predicted octanol–water partition coefficient (Wildman–Crippen LogP) is 2.22. The number of carbonyl (C=O) groups is 2. The molecule has 0 atom stereocenters. The summed E-state index contributed by atoms with van der Waals surface area (Å²) < 4.78 is 0. The Hall–Kier alpha value is -1.64. The lowest BCUT2D eigenvalue weighted by Crippen LogP contribution is -2.14. The lowest BCUT2D eigenvalue weighted by Gasteiger charge is -2.25. The second-order valence-electron chi connectivity index (χ2n) is 3.89. The quantitative estimate of drug-likeness (QED) is 0.606. The number of ketones is 1. The maximum atomic E-state index is 11.2. The molecule has 0 bridgehead atoms. The van der Waals surface area contributed by atoms with Crippen LogP contribution in [0.15, 0.2) is 24.3 Å². The van der Waals surface area contributed by atoms with Gasteiger partial charge in [0.15, 0.2) is 0 Å². The third-order valence-electron chi connectivity index (χ3n) is 2.92. The second kappa shape index (κ2) is 3.85. The zero-order chi connectivity index (χ0) is 10.8. The summed E-state index contributed by atoms with van der Waals surface area (Å²) in [7, 11) is 0. The highest BCUT2D eigenvalue weighted by Crippen LogP contribution is 2.36. The first-order chi connectivity index (χ1) is 7.18. The molecule has 3 nitrogen and oxygen atoms in total. The van der Waals surface area contributed by atoms with Crippen LogP contribution in [0.2, 0.25) is 0 Å². The molecule has 1 N–H and O–H groups in total. The van der Waals surface area contributed by atoms with E-state index in [1.54, 1.807) is 18.2 Å². The Bertz CT molecular complexity index is 405. The highest BCUT2D eigenvalue weighted by Gasteiger charge is 2.21. The molecular formula is C12H12O3. The van der Waals surface area contributed by atoms with Gasteiger partial charge in [0.25, 0.3) is 5.78 Å². The minimum atomic E-state index is -1.39. The molecule has 1 aliphatic carbocycles. The van der Waals surface area contributed by atoms with Crippen LogP contribution in [0.3, 0.4) is 0 Å². The van der Waals surface area contributed by atoms with Crippen molar-refractivity contribution in [1.29, 1.82) is 0 Å². The van der Waals surface area contributed by atoms with Gasteiger partial charge in [0.2, 0.25) is 0 Å². The first kappa shape index (κ1) is 9.90. The number of benzene rings is 1. The Labute approximate surface area is 87.7 Å². The Morgan fingerprint density at radius 2 is 2.00 bits per heavy atom. The van der Waals surface area contributed by atoms with E-state index in [0.29, 0.717) is 5.92 Å². The van der Waals surface area contributed by atoms with Crippen LogP contribution in [0.1, 0.15) is 41.1 Å². The maximum absolute atomic E-state index is 11.2. The van der Waals surface area contributed by atoms with E-state index in [9.17, 15) is 9.59 Å². The zero-order valence-electron chi connectivity index (χ0n) is 8.27. The van der Waals surface area contributed by atoms with E-state index in [2.05, 4.69) is 0 Å². The number of rotatable bonds is 3. The van der Waals surface area contributed by atoms with Gasteiger partial charge in [0.1, 0.15) is 0 Å². The van der Waals surface area contributed by atoms with Crippen molar-refractivity contribution in [2.45, 2.75) is 25.2 Å². The number of carbonyl (C=O) groups excluding carboxylic acids is 1. The molecule has 15 heavy (non-hydrogen) atoms. The molecule has 1 aliphatic rings. The van der Waals surface area contributed by atoms with Gasteiger partial charge in [-0.3, -0.25) is 4.79 Å². The van der Waals surface area contributed by atoms with Gasteiger partial charge in [-0.25, -0.2) is 4.79 Å². The smallest absolute Gasteiger partial charge is 0.377 e. The second-order valence-corrected chi connectivity index (χ2v) is 3.89. The molecule has 1 aromatic carbocycles. The molecule has 0 amide bonds. The lowest BCUT2D eigenvalue weighted by molar-refractivity contribution is -0.131. The van der Waals surface area contributed by atoms with E-state index in [1.165, 1.54) is 6.42 Å². The van der Waals surface area contributed by atoms with E-state index in [4.69, 9.17) is 5.11 Å². The molecule has 0 aliphatic heterocycles. The molecule has 0 heterocycles. The van der Waals surface area contributed by atoms with Crippen molar-refractivity contribution in [3.63, 3.8) is 0 Å². The van der Waals surface area contributed by atoms with Crippen molar-refractivity contribution in [3.05, 3.63) is 35.4 Å². The fourth-order valence-corrected chi connectivity index (χ4v) is 1.80. The summed E-state index contributed by atoms with van der Waals surface area (Å²) in [5, 5.41) is 8.59. The van der Waals surface area contributed by atoms with Crippen LogP contribution in [0.5, 0.6) is 0 Å². The van der Waals surface area contributed by atoms with Gasteiger partial charge in [-0.15, -0.1) is 0 Å². The third-order valence-corrected chi connectivity index (χ3v) is 2.92. The molecule has 0 spiro atoms. The van der Waals surface area contributed by atoms with Gasteiger partial charge in [0, 0.05) is 5.56 Å². The number of carboxylic acids is 1. The molecule has 78 valence electrons. The molecule has 1 aromatic rings. The average Bonchev–Trinajstić information content (AvgIpc) is 2.14. The normalized spacial score (nSPS) is 15.7. The standard InChI is InChI=1S/C12H12O3/c13-11(12(14)15)10-6-2-5-9(7-10)8-3-1-4-8/h2,5-8H,1,3-4H2,(H,14,15). The van der Waals surface area contributed by atoms with Gasteiger partial charge in [-0.05, 0) is 30.4 Å². The lowest BCUT2D eigenvalue weighted by atomic mass is 9.79. The van der Waals surface area contributed by atoms with E-state index >= 15 is 0 Å². The first-order valence-electron chi connectivity index (χ1n) is 5.06. The van der Waals surface area contributed by atoms with Gasteiger partial charge in [0.05, 0.1) is 0 Å². The molecule has 0 radical (unpaired) electrons. The topological polar surface area (TPSA) is 54.4 Å². The van der Waals surface area contributed by atoms with E-state index in [-0.39, 0.29) is 5.56 Å². The Kier molecular flexibility index (Phi) is 2.54. The van der Waals surface area contributed by atoms with Crippen LogP contribution >= 0.6 is 0 Å². The highest BCUT2D eigenvalue weighted by molar-refractivity contribution is 6.39. The molecule has 1 fully saturated rings. The molecule has 3 heteroatoms. The van der Waals surface area contributed by atoms with Crippen LogP contribution in [0.4, 0.5) is 0 Å². The summed E-state index contributed by atoms with van der Waals surface area (Å²) >= 11 is 0. The van der Waals surface area contributed by atoms with Crippen molar-refractivity contribution >= 4 is 11.8 Å². The predicted molar refractivity (Wildman–Crippen MR) is 55.0 cm³/mol. The number of carboxylic acid groups (broad SMARTS) is 1. The van der Waals surface area contributed by atoms with Crippen molar-refractivity contribution in [2.75, 3.05) is 0 Å². The fraction of sp³-hybridized carbons (Fsp3) is 0.333. The van der Waals surface area contributed by atoms with Crippen LogP contribution < -0.4 is 0 Å². The van der Waals surface area contributed by atoms with Crippen molar-refractivity contribution < 1.29 is 14.7 Å². The van der Waals surface area contributed by atoms with Gasteiger partial charge in [-0.2, -0.15) is 0 Å². The molecule has 0 saturated heterocycles. The largest absolute Gasteiger partial charge is 0.475 e. The Morgan fingerprint density at radius 1 is 1.27 bits per heavy atom. The summed E-state index contributed by atoms with van der Waals surface area (Å²) in [5.41, 5.74) is 1.38. The Balaban J connectivity index is 2.25. The van der Waals surface area contributed by atoms with Crippen LogP contribution in [-0.2, 0) is 4.79 Å². The van der Waals surface area contributed by atoms with Crippen molar-refractivity contribution in [1.82, 2.24) is 0 Å². The molecule has 0 aromatic heterocycles. The molecule has 2 rings (SSSR count). The summed E-state index contributed by atoms with van der Waals surface area (Å²) in [6, 6.07) is 6.98. The molecule has 0 unspecified atom stereocenters. The fourth-order valence-electron chi connectivity index (χ4n) is 1.80. The van der Waals surface area contributed by atoms with Crippen LogP contribution in [0, 0.1) is 0 Å². The summed E-state index contributed by atoms with van der Waals surface area (Å²) in [5.74, 6) is -1.69. The summed E-state index contributed by atoms with van der Waals surface area (Å²) in [4.78, 5) is 21.7. The van der Waals surface area contributed by atoms with Gasteiger partial charge in [-0.1, -0.05) is 24.6 Å². The number of aliphatic carboxylic acids is 1. The van der Waals surface area contributed by atoms with Crippen molar-refractivity contribution in [3.8, 4) is 0 Å². The van der Waals surface area contributed by atoms with Crippen LogP contribution in [0.25, 0.3) is 0 Å². The highest BCUT2D eigenvalue weighted by atomic mass is 16.4. The van der Waals surface area contributed by atoms with E-state index in [1.807, 2.05) is 6.07 Å². The summed E-state index contributed by atoms with van der Waals surface area (Å²) in [6.07, 6.45) is 3.51. The maximum Gasteiger partial charge on any atom is 0.377 e. The minimum Gasteiger partial charge on any atom is -0.475 e. The summed E-state index contributed by atoms with van der Waals surface area (Å²) in [6.45, 7) is 0. The third kappa shape index (κ3) is 1.91. The first-order valence-corrected chi connectivity index (χ1v) is 5.06. The SMILES string of the molecule is O=C(O)C(=O)c1cccc(C2CCC2)c1. The number of Topliss-reactive ketones (excluding diaryl/α,β-unsaturated/α-hetero) is 1. The van der Waals surface area contributed by atoms with Crippen LogP contribution in [-0.4, -0.2) is 16.9 Å². The van der Waals surface area contributed by atoms with E-state index in [0.717, 1.165) is 18.4 Å². The number of hydrogen-bond acceptors (Lipinski definition) is 2. The number of hydrogen-bond donors (Lipinski definition) is 1. The van der Waals surface area contributed by atoms with E-state index < -0.39 is 11.8 Å². The molecule has 1 saturated carbocycles. The average molecular weight is 204 g/mol. The molecular weight excluding hydrogens is 192 g/mol. The van der Waals surface area contributed by atoms with Crippen molar-refractivity contribution in [2.24, 2.45) is 0 Å². The zero-order valence-corrected chi connectivity index (χ0v) is 8.27. The van der Waals surface area contributed by atoms with Gasteiger partial charge >= 0.3 is 5.97 Å². The minimum absolute atomic E-state index is 0.284. The van der Waals surface area contributed by atoms with Gasteiger partial charge < -0.3 is 5.11 Å².